The Kier molecular flexibility index (Phi) is 4.69. The highest BCUT2D eigenvalue weighted by Crippen LogP contribution is 2.18. The van der Waals surface area contributed by atoms with Gasteiger partial charge in [-0.3, -0.25) is 9.59 Å². The molecular weight excluding hydrogens is 320 g/mol. The molecule has 0 bridgehead atoms. The van der Waals surface area contributed by atoms with Gasteiger partial charge in [-0.05, 0) is 25.1 Å². The number of Topliss-reactive ketones (excluding diaryl/α,β-unsaturated/α-hetero) is 2. The molecule has 0 unspecified atom stereocenters. The van der Waals surface area contributed by atoms with Crippen LogP contribution in [0.4, 0.5) is 0 Å². The van der Waals surface area contributed by atoms with Crippen molar-refractivity contribution in [2.75, 3.05) is 6.61 Å². The quantitative estimate of drug-likeness (QED) is 0.779. The second-order valence-corrected chi connectivity index (χ2v) is 5.13. The Labute approximate surface area is 125 Å². The molecule has 0 aromatic heterocycles. The number of carbonyl (C=O) groups is 2. The molecule has 0 fully saturated rings. The molecule has 0 heterocycles. The summed E-state index contributed by atoms with van der Waals surface area (Å²) in [5.41, 5.74) is 1.14. The van der Waals surface area contributed by atoms with Gasteiger partial charge in [0.2, 0.25) is 5.78 Å². The van der Waals surface area contributed by atoms with Gasteiger partial charge >= 0.3 is 0 Å². The molecule has 2 aromatic rings. The molecule has 3 nitrogen and oxygen atoms in total. The average molecular weight is 333 g/mol. The Hall–Kier alpha value is -1.94. The molecule has 0 aliphatic carbocycles. The van der Waals surface area contributed by atoms with Gasteiger partial charge in [0.25, 0.3) is 0 Å². The van der Waals surface area contributed by atoms with Gasteiger partial charge in [-0.25, -0.2) is 0 Å². The first-order chi connectivity index (χ1) is 9.58. The first kappa shape index (κ1) is 14.5. The number of benzene rings is 2. The van der Waals surface area contributed by atoms with Crippen molar-refractivity contribution in [2.24, 2.45) is 0 Å². The summed E-state index contributed by atoms with van der Waals surface area (Å²) in [5.74, 6) is 0.358. The highest BCUT2D eigenvalue weighted by atomic mass is 79.9. The maximum Gasteiger partial charge on any atom is 0.201 e. The summed E-state index contributed by atoms with van der Waals surface area (Å²) in [4.78, 5) is 23.3. The number of halogens is 1. The van der Waals surface area contributed by atoms with Crippen molar-refractivity contribution >= 4 is 27.5 Å². The van der Waals surface area contributed by atoms with Gasteiger partial charge in [0.1, 0.15) is 5.75 Å². The lowest BCUT2D eigenvalue weighted by molar-refractivity contribution is 0.0920. The van der Waals surface area contributed by atoms with Gasteiger partial charge in [-0.15, -0.1) is 0 Å². The van der Waals surface area contributed by atoms with Crippen molar-refractivity contribution < 1.29 is 14.3 Å². The van der Waals surface area contributed by atoms with Gasteiger partial charge in [0.05, 0.1) is 0 Å². The molecule has 2 aromatic carbocycles. The van der Waals surface area contributed by atoms with Crippen molar-refractivity contribution in [3.05, 3.63) is 64.1 Å². The lowest BCUT2D eigenvalue weighted by Gasteiger charge is -2.07. The molecular formula is C16H13BrO3. The van der Waals surface area contributed by atoms with Crippen molar-refractivity contribution in [1.82, 2.24) is 0 Å². The molecule has 2 rings (SSSR count). The molecule has 0 N–H and O–H groups in total. The van der Waals surface area contributed by atoms with Crippen LogP contribution in [-0.4, -0.2) is 18.2 Å². The summed E-state index contributed by atoms with van der Waals surface area (Å²) >= 11 is 3.33. The van der Waals surface area contributed by atoms with E-state index in [1.165, 1.54) is 6.92 Å². The number of hydrogen-bond donors (Lipinski definition) is 0. The van der Waals surface area contributed by atoms with E-state index in [9.17, 15) is 9.59 Å². The van der Waals surface area contributed by atoms with Crippen molar-refractivity contribution in [3.8, 4) is 5.75 Å². The van der Waals surface area contributed by atoms with Crippen LogP contribution in [-0.2, 0) is 0 Å². The molecule has 4 heteroatoms. The topological polar surface area (TPSA) is 43.4 Å². The highest BCUT2D eigenvalue weighted by molar-refractivity contribution is 9.10. The third-order valence-corrected chi connectivity index (χ3v) is 3.48. The lowest BCUT2D eigenvalue weighted by atomic mass is 10.1. The van der Waals surface area contributed by atoms with Crippen LogP contribution in [0.1, 0.15) is 27.6 Å². The molecule has 0 aliphatic heterocycles. The summed E-state index contributed by atoms with van der Waals surface area (Å²) in [6.45, 7) is 1.43. The summed E-state index contributed by atoms with van der Waals surface area (Å²) < 4.78 is 6.19. The number of hydrogen-bond acceptors (Lipinski definition) is 3. The van der Waals surface area contributed by atoms with Crippen LogP contribution in [0.2, 0.25) is 0 Å². The van der Waals surface area contributed by atoms with Crippen LogP contribution in [0.15, 0.2) is 53.0 Å². The first-order valence-electron chi connectivity index (χ1n) is 6.09. The van der Waals surface area contributed by atoms with Crippen LogP contribution < -0.4 is 4.74 Å². The van der Waals surface area contributed by atoms with Gasteiger partial charge in [-0.2, -0.15) is 0 Å². The largest absolute Gasteiger partial charge is 0.485 e. The third kappa shape index (κ3) is 3.54. The highest BCUT2D eigenvalue weighted by Gasteiger charge is 2.10. The van der Waals surface area contributed by atoms with Crippen LogP contribution in [0.5, 0.6) is 5.75 Å². The smallest absolute Gasteiger partial charge is 0.201 e. The summed E-state index contributed by atoms with van der Waals surface area (Å²) in [5, 5.41) is 0. The first-order valence-corrected chi connectivity index (χ1v) is 6.89. The molecule has 0 amide bonds. The minimum Gasteiger partial charge on any atom is -0.485 e. The second kappa shape index (κ2) is 6.48. The average Bonchev–Trinajstić information content (AvgIpc) is 2.45. The van der Waals surface area contributed by atoms with E-state index in [1.807, 2.05) is 12.1 Å². The fraction of sp³-hybridized carbons (Fsp3) is 0.125. The van der Waals surface area contributed by atoms with Crippen molar-refractivity contribution in [1.29, 1.82) is 0 Å². The number of rotatable bonds is 5. The predicted molar refractivity (Wildman–Crippen MR) is 80.4 cm³/mol. The Bertz CT molecular complexity index is 650. The summed E-state index contributed by atoms with van der Waals surface area (Å²) in [6, 6.07) is 14.0. The monoisotopic (exact) mass is 332 g/mol. The molecule has 0 saturated heterocycles. The fourth-order valence-corrected chi connectivity index (χ4v) is 2.22. The summed E-state index contributed by atoms with van der Waals surface area (Å²) in [6.07, 6.45) is 0. The Morgan fingerprint density at radius 3 is 2.55 bits per heavy atom. The van der Waals surface area contributed by atoms with Crippen LogP contribution in [0, 0.1) is 0 Å². The fourth-order valence-electron chi connectivity index (χ4n) is 1.72. The zero-order valence-electron chi connectivity index (χ0n) is 10.9. The van der Waals surface area contributed by atoms with Crippen LogP contribution in [0.3, 0.4) is 0 Å². The van der Waals surface area contributed by atoms with Gasteiger partial charge in [0, 0.05) is 15.6 Å². The number of ketones is 2. The standard InChI is InChI=1S/C16H13BrO3/c1-11(18)12-5-4-6-13(9-12)20-10-16(19)14-7-2-3-8-15(14)17/h2-9H,10H2,1H3. The zero-order chi connectivity index (χ0) is 14.5. The molecule has 0 atom stereocenters. The van der Waals surface area contributed by atoms with E-state index in [2.05, 4.69) is 15.9 Å². The summed E-state index contributed by atoms with van der Waals surface area (Å²) in [7, 11) is 0. The molecule has 0 spiro atoms. The Balaban J connectivity index is 2.06. The van der Waals surface area contributed by atoms with E-state index in [0.29, 0.717) is 16.9 Å². The van der Waals surface area contributed by atoms with Crippen molar-refractivity contribution in [3.63, 3.8) is 0 Å². The SMILES string of the molecule is CC(=O)c1cccc(OCC(=O)c2ccccc2Br)c1. The minimum atomic E-state index is -0.120. The maximum absolute atomic E-state index is 12.0. The third-order valence-electron chi connectivity index (χ3n) is 2.78. The maximum atomic E-state index is 12.0. The second-order valence-electron chi connectivity index (χ2n) is 4.28. The Morgan fingerprint density at radius 1 is 1.10 bits per heavy atom. The van der Waals surface area contributed by atoms with Gasteiger partial charge in [-0.1, -0.05) is 46.3 Å². The minimum absolute atomic E-state index is 0.0346. The molecule has 102 valence electrons. The van der Waals surface area contributed by atoms with Crippen molar-refractivity contribution in [2.45, 2.75) is 6.92 Å². The molecule has 0 aliphatic rings. The van der Waals surface area contributed by atoms with Gasteiger partial charge < -0.3 is 4.74 Å². The van der Waals surface area contributed by atoms with E-state index < -0.39 is 0 Å². The molecule has 0 radical (unpaired) electrons. The van der Waals surface area contributed by atoms with E-state index >= 15 is 0 Å². The normalized spacial score (nSPS) is 10.1. The van der Waals surface area contributed by atoms with E-state index in [1.54, 1.807) is 36.4 Å². The van der Waals surface area contributed by atoms with E-state index in [4.69, 9.17) is 4.74 Å². The Morgan fingerprint density at radius 2 is 1.85 bits per heavy atom. The number of carbonyl (C=O) groups excluding carboxylic acids is 2. The molecule has 0 saturated carbocycles. The van der Waals surface area contributed by atoms with Crippen LogP contribution in [0.25, 0.3) is 0 Å². The van der Waals surface area contributed by atoms with E-state index in [0.717, 1.165) is 4.47 Å². The molecule has 20 heavy (non-hydrogen) atoms. The van der Waals surface area contributed by atoms with Gasteiger partial charge in [0.15, 0.2) is 12.4 Å². The van der Waals surface area contributed by atoms with E-state index in [-0.39, 0.29) is 18.2 Å². The lowest BCUT2D eigenvalue weighted by Crippen LogP contribution is -2.12. The van der Waals surface area contributed by atoms with Crippen LogP contribution >= 0.6 is 15.9 Å². The number of ether oxygens (including phenoxy) is 1. The zero-order valence-corrected chi connectivity index (χ0v) is 12.5. The predicted octanol–water partition coefficient (Wildman–Crippen LogP) is 3.91.